The van der Waals surface area contributed by atoms with Crippen molar-refractivity contribution in [2.75, 3.05) is 19.6 Å². The van der Waals surface area contributed by atoms with E-state index in [9.17, 15) is 9.59 Å². The molecule has 112 valence electrons. The van der Waals surface area contributed by atoms with Gasteiger partial charge in [-0.2, -0.15) is 0 Å². The molecule has 21 heavy (non-hydrogen) atoms. The molecule has 6 heteroatoms. The number of hydrogen-bond acceptors (Lipinski definition) is 3. The van der Waals surface area contributed by atoms with Crippen molar-refractivity contribution in [2.24, 2.45) is 5.73 Å². The Hall–Kier alpha value is -2.08. The molecule has 2 aliphatic heterocycles. The van der Waals surface area contributed by atoms with Crippen LogP contribution in [-0.4, -0.2) is 52.6 Å². The fourth-order valence-electron chi connectivity index (χ4n) is 3.01. The van der Waals surface area contributed by atoms with Crippen LogP contribution in [-0.2, 0) is 13.0 Å². The number of carboxylic acid groups (broad SMARTS) is 1. The van der Waals surface area contributed by atoms with E-state index < -0.39 is 5.97 Å². The second kappa shape index (κ2) is 5.37. The van der Waals surface area contributed by atoms with E-state index in [1.54, 1.807) is 21.9 Å². The lowest BCUT2D eigenvalue weighted by molar-refractivity contribution is 0.0696. The molecule has 0 spiro atoms. The summed E-state index contributed by atoms with van der Waals surface area (Å²) in [5, 5.41) is 9.06. The Bertz CT molecular complexity index is 588. The number of carbonyl (C=O) groups excluding carboxylic acids is 1. The van der Waals surface area contributed by atoms with E-state index in [2.05, 4.69) is 0 Å². The summed E-state index contributed by atoms with van der Waals surface area (Å²) >= 11 is 0. The van der Waals surface area contributed by atoms with Crippen LogP contribution in [0.4, 0.5) is 4.79 Å². The first-order valence-corrected chi connectivity index (χ1v) is 7.19. The topological polar surface area (TPSA) is 86.9 Å². The molecule has 3 N–H and O–H groups in total. The predicted molar refractivity (Wildman–Crippen MR) is 77.1 cm³/mol. The highest BCUT2D eigenvalue weighted by Crippen LogP contribution is 2.22. The van der Waals surface area contributed by atoms with Crippen molar-refractivity contribution in [3.63, 3.8) is 0 Å². The van der Waals surface area contributed by atoms with Crippen LogP contribution in [0.25, 0.3) is 0 Å². The van der Waals surface area contributed by atoms with Gasteiger partial charge in [0.15, 0.2) is 0 Å². The maximum atomic E-state index is 12.5. The largest absolute Gasteiger partial charge is 0.478 e. The van der Waals surface area contributed by atoms with Crippen LogP contribution in [0.15, 0.2) is 18.2 Å². The molecule has 1 aromatic rings. The minimum Gasteiger partial charge on any atom is -0.478 e. The number of nitrogens with two attached hydrogens (primary N) is 1. The van der Waals surface area contributed by atoms with Crippen molar-refractivity contribution in [3.05, 3.63) is 34.9 Å². The Kier molecular flexibility index (Phi) is 3.55. The van der Waals surface area contributed by atoms with Crippen LogP contribution in [0, 0.1) is 0 Å². The van der Waals surface area contributed by atoms with Gasteiger partial charge in [0, 0.05) is 32.2 Å². The van der Waals surface area contributed by atoms with E-state index in [0.29, 0.717) is 26.2 Å². The number of aromatic carboxylic acids is 1. The summed E-state index contributed by atoms with van der Waals surface area (Å²) < 4.78 is 0. The average molecular weight is 289 g/mol. The molecule has 2 aliphatic rings. The van der Waals surface area contributed by atoms with E-state index in [0.717, 1.165) is 24.0 Å². The highest BCUT2D eigenvalue weighted by molar-refractivity contribution is 5.88. The summed E-state index contributed by atoms with van der Waals surface area (Å²) in [5.74, 6) is -0.938. The highest BCUT2D eigenvalue weighted by atomic mass is 16.4. The van der Waals surface area contributed by atoms with E-state index in [4.69, 9.17) is 10.8 Å². The van der Waals surface area contributed by atoms with Crippen molar-refractivity contribution in [1.82, 2.24) is 9.80 Å². The maximum Gasteiger partial charge on any atom is 0.335 e. The summed E-state index contributed by atoms with van der Waals surface area (Å²) in [6.45, 7) is 2.46. The van der Waals surface area contributed by atoms with Crippen LogP contribution in [0.2, 0.25) is 0 Å². The van der Waals surface area contributed by atoms with E-state index in [-0.39, 0.29) is 17.6 Å². The average Bonchev–Trinajstić information content (AvgIpc) is 2.91. The molecule has 1 fully saturated rings. The first-order valence-electron chi connectivity index (χ1n) is 7.19. The van der Waals surface area contributed by atoms with E-state index in [1.165, 1.54) is 0 Å². The Morgan fingerprint density at radius 3 is 2.67 bits per heavy atom. The van der Waals surface area contributed by atoms with Crippen LogP contribution < -0.4 is 5.73 Å². The summed E-state index contributed by atoms with van der Waals surface area (Å²) in [6.07, 6.45) is 1.61. The number of fused-ring (bicyclic) bond motifs is 1. The molecule has 0 bridgehead atoms. The Balaban J connectivity index is 1.75. The number of amides is 2. The zero-order valence-corrected chi connectivity index (χ0v) is 11.8. The molecule has 6 nitrogen and oxygen atoms in total. The molecule has 0 saturated carbocycles. The van der Waals surface area contributed by atoms with Gasteiger partial charge in [0.1, 0.15) is 0 Å². The van der Waals surface area contributed by atoms with Crippen molar-refractivity contribution in [3.8, 4) is 0 Å². The van der Waals surface area contributed by atoms with Gasteiger partial charge in [0.25, 0.3) is 0 Å². The van der Waals surface area contributed by atoms with Gasteiger partial charge in [-0.3, -0.25) is 0 Å². The smallest absolute Gasteiger partial charge is 0.335 e. The van der Waals surface area contributed by atoms with Gasteiger partial charge >= 0.3 is 12.0 Å². The fourth-order valence-corrected chi connectivity index (χ4v) is 3.01. The maximum absolute atomic E-state index is 12.5. The number of benzene rings is 1. The first kappa shape index (κ1) is 13.9. The number of urea groups is 1. The van der Waals surface area contributed by atoms with Crippen LogP contribution in [0.1, 0.15) is 27.9 Å². The number of carboxylic acids is 1. The molecular weight excluding hydrogens is 270 g/mol. The standard InChI is InChI=1S/C15H19N3O3/c16-13-4-6-18(9-13)15(21)17-5-3-10-1-2-11(14(19)20)7-12(10)8-17/h1-2,7,13H,3-6,8-9,16H2,(H,19,20). The molecule has 1 saturated heterocycles. The predicted octanol–water partition coefficient (Wildman–Crippen LogP) is 0.896. The molecule has 2 heterocycles. The fraction of sp³-hybridized carbons (Fsp3) is 0.467. The quantitative estimate of drug-likeness (QED) is 0.804. The summed E-state index contributed by atoms with van der Waals surface area (Å²) in [4.78, 5) is 27.1. The van der Waals surface area contributed by atoms with Crippen molar-refractivity contribution < 1.29 is 14.7 Å². The molecule has 2 amide bonds. The third-order valence-electron chi connectivity index (χ3n) is 4.23. The number of nitrogens with zero attached hydrogens (tertiary/aromatic N) is 2. The Morgan fingerprint density at radius 2 is 2.00 bits per heavy atom. The normalized spacial score (nSPS) is 21.3. The molecule has 3 rings (SSSR count). The van der Waals surface area contributed by atoms with E-state index in [1.807, 2.05) is 6.07 Å². The lowest BCUT2D eigenvalue weighted by atomic mass is 9.97. The molecule has 1 aromatic carbocycles. The van der Waals surface area contributed by atoms with Gasteiger partial charge in [0.05, 0.1) is 5.56 Å². The summed E-state index contributed by atoms with van der Waals surface area (Å²) in [7, 11) is 0. The number of rotatable bonds is 1. The second-order valence-electron chi connectivity index (χ2n) is 5.74. The minimum absolute atomic E-state index is 0.00864. The number of carbonyl (C=O) groups is 2. The third kappa shape index (κ3) is 2.71. The molecule has 0 aromatic heterocycles. The summed E-state index contributed by atoms with van der Waals surface area (Å²) in [5.41, 5.74) is 8.17. The lowest BCUT2D eigenvalue weighted by Gasteiger charge is -2.32. The Morgan fingerprint density at radius 1 is 1.19 bits per heavy atom. The van der Waals surface area contributed by atoms with Gasteiger partial charge in [-0.1, -0.05) is 6.07 Å². The SMILES string of the molecule is NC1CCN(C(=O)N2CCc3ccc(C(=O)O)cc3C2)C1. The van der Waals surface area contributed by atoms with Gasteiger partial charge in [-0.25, -0.2) is 9.59 Å². The van der Waals surface area contributed by atoms with Crippen molar-refractivity contribution in [2.45, 2.75) is 25.4 Å². The van der Waals surface area contributed by atoms with E-state index >= 15 is 0 Å². The Labute approximate surface area is 123 Å². The number of hydrogen-bond donors (Lipinski definition) is 2. The molecular formula is C15H19N3O3. The molecule has 1 atom stereocenters. The lowest BCUT2D eigenvalue weighted by Crippen LogP contribution is -2.45. The highest BCUT2D eigenvalue weighted by Gasteiger charge is 2.29. The zero-order valence-electron chi connectivity index (χ0n) is 11.8. The molecule has 0 aliphatic carbocycles. The van der Waals surface area contributed by atoms with Crippen molar-refractivity contribution >= 4 is 12.0 Å². The van der Waals surface area contributed by atoms with Gasteiger partial charge in [0.2, 0.25) is 0 Å². The van der Waals surface area contributed by atoms with Crippen molar-refractivity contribution in [1.29, 1.82) is 0 Å². The van der Waals surface area contributed by atoms with Crippen LogP contribution in [0.3, 0.4) is 0 Å². The zero-order chi connectivity index (χ0) is 15.0. The van der Waals surface area contributed by atoms with Gasteiger partial charge in [-0.15, -0.1) is 0 Å². The van der Waals surface area contributed by atoms with Crippen LogP contribution >= 0.6 is 0 Å². The van der Waals surface area contributed by atoms with Gasteiger partial charge < -0.3 is 20.6 Å². The molecule has 1 unspecified atom stereocenters. The first-order chi connectivity index (χ1) is 10.0. The number of likely N-dealkylation sites (tertiary alicyclic amines) is 1. The summed E-state index contributed by atoms with van der Waals surface area (Å²) in [6, 6.07) is 5.23. The monoisotopic (exact) mass is 289 g/mol. The molecule has 0 radical (unpaired) electrons. The van der Waals surface area contributed by atoms with Crippen LogP contribution in [0.5, 0.6) is 0 Å². The minimum atomic E-state index is -0.938. The second-order valence-corrected chi connectivity index (χ2v) is 5.74. The third-order valence-corrected chi connectivity index (χ3v) is 4.23. The van der Waals surface area contributed by atoms with Gasteiger partial charge in [-0.05, 0) is 36.1 Å².